The van der Waals surface area contributed by atoms with E-state index >= 15 is 4.39 Å². The van der Waals surface area contributed by atoms with Crippen molar-refractivity contribution >= 4 is 21.3 Å². The van der Waals surface area contributed by atoms with Gasteiger partial charge in [-0.15, -0.1) is 0 Å². The van der Waals surface area contributed by atoms with Crippen molar-refractivity contribution in [3.8, 4) is 22.4 Å². The van der Waals surface area contributed by atoms with Gasteiger partial charge in [-0.2, -0.15) is 0 Å². The number of halogens is 1. The Bertz CT molecular complexity index is 1450. The monoisotopic (exact) mass is 441 g/mol. The fraction of sp³-hybridized carbons (Fsp3) is 0.190. The summed E-state index contributed by atoms with van der Waals surface area (Å²) in [5, 5.41) is 0. The number of hydrogen-bond donors (Lipinski definition) is 3. The maximum atomic E-state index is 15.0. The summed E-state index contributed by atoms with van der Waals surface area (Å²) < 4.78 is 43.4. The quantitative estimate of drug-likeness (QED) is 0.449. The molecule has 4 rings (SSSR count). The Hall–Kier alpha value is -3.37. The summed E-state index contributed by atoms with van der Waals surface area (Å²) in [4.78, 5) is 24.7. The molecule has 0 spiro atoms. The number of fused-ring (bicyclic) bond motifs is 1. The fourth-order valence-electron chi connectivity index (χ4n) is 3.23. The van der Waals surface area contributed by atoms with Crippen molar-refractivity contribution in [1.29, 1.82) is 0 Å². The van der Waals surface area contributed by atoms with E-state index in [-0.39, 0.29) is 27.4 Å². The standard InChI is InChI=1S/C21H20FN5O3S/c1-21(2,3)27-31(29,30)17-7-5-4-6-13(17)12-8-9-14(15(22)10-12)16-11-23-18-19(24-16)26-20(28)25-18/h4-11,27H,1-3H3,(H2,23,24,25,26,28). The van der Waals surface area contributed by atoms with Gasteiger partial charge in [0.15, 0.2) is 11.3 Å². The van der Waals surface area contributed by atoms with Gasteiger partial charge in [-0.25, -0.2) is 32.3 Å². The van der Waals surface area contributed by atoms with E-state index in [1.807, 2.05) is 0 Å². The van der Waals surface area contributed by atoms with Gasteiger partial charge in [-0.3, -0.25) is 9.97 Å². The van der Waals surface area contributed by atoms with Gasteiger partial charge in [-0.1, -0.05) is 24.3 Å². The minimum Gasteiger partial charge on any atom is -0.289 e. The van der Waals surface area contributed by atoms with Crippen molar-refractivity contribution in [1.82, 2.24) is 24.7 Å². The van der Waals surface area contributed by atoms with Crippen LogP contribution in [0, 0.1) is 5.82 Å². The average molecular weight is 441 g/mol. The molecule has 0 fully saturated rings. The van der Waals surface area contributed by atoms with Crippen LogP contribution in [0.1, 0.15) is 20.8 Å². The summed E-state index contributed by atoms with van der Waals surface area (Å²) in [5.74, 6) is -0.597. The molecule has 0 saturated heterocycles. The van der Waals surface area contributed by atoms with E-state index < -0.39 is 27.1 Å². The average Bonchev–Trinajstić information content (AvgIpc) is 3.05. The molecule has 4 aromatic rings. The first-order valence-corrected chi connectivity index (χ1v) is 10.9. The topological polar surface area (TPSA) is 121 Å². The molecular weight excluding hydrogens is 421 g/mol. The van der Waals surface area contributed by atoms with Crippen molar-refractivity contribution in [3.05, 3.63) is 65.0 Å². The second-order valence-corrected chi connectivity index (χ2v) is 9.73. The minimum absolute atomic E-state index is 0.0585. The summed E-state index contributed by atoms with van der Waals surface area (Å²) in [6.45, 7) is 5.24. The number of hydrogen-bond acceptors (Lipinski definition) is 5. The van der Waals surface area contributed by atoms with Gasteiger partial charge >= 0.3 is 5.69 Å². The summed E-state index contributed by atoms with van der Waals surface area (Å²) in [6, 6.07) is 10.8. The number of sulfonamides is 1. The lowest BCUT2D eigenvalue weighted by atomic mass is 10.0. The van der Waals surface area contributed by atoms with E-state index in [1.54, 1.807) is 45.0 Å². The second-order valence-electron chi connectivity index (χ2n) is 8.08. The molecule has 31 heavy (non-hydrogen) atoms. The molecule has 2 aromatic carbocycles. The van der Waals surface area contributed by atoms with Crippen molar-refractivity contribution in [2.45, 2.75) is 31.2 Å². The van der Waals surface area contributed by atoms with Crippen LogP contribution in [-0.4, -0.2) is 33.9 Å². The third-order valence-electron chi connectivity index (χ3n) is 4.41. The van der Waals surface area contributed by atoms with E-state index in [4.69, 9.17) is 0 Å². The van der Waals surface area contributed by atoms with Crippen molar-refractivity contribution in [2.75, 3.05) is 0 Å². The highest BCUT2D eigenvalue weighted by Crippen LogP contribution is 2.31. The molecular formula is C21H20FN5O3S. The molecule has 0 aliphatic rings. The molecule has 0 saturated carbocycles. The highest BCUT2D eigenvalue weighted by atomic mass is 32.2. The maximum absolute atomic E-state index is 15.0. The fourth-order valence-corrected chi connectivity index (χ4v) is 4.88. The Morgan fingerprint density at radius 1 is 1.00 bits per heavy atom. The van der Waals surface area contributed by atoms with Crippen LogP contribution < -0.4 is 10.4 Å². The first kappa shape index (κ1) is 20.9. The van der Waals surface area contributed by atoms with Crippen LogP contribution in [0.2, 0.25) is 0 Å². The van der Waals surface area contributed by atoms with Crippen LogP contribution in [0.25, 0.3) is 33.7 Å². The van der Waals surface area contributed by atoms with Crippen LogP contribution in [0.3, 0.4) is 0 Å². The van der Waals surface area contributed by atoms with Crippen LogP contribution in [0.4, 0.5) is 4.39 Å². The zero-order valence-corrected chi connectivity index (χ0v) is 17.8. The number of rotatable bonds is 4. The molecule has 160 valence electrons. The Labute approximate surface area is 177 Å². The van der Waals surface area contributed by atoms with Gasteiger partial charge in [0.25, 0.3) is 0 Å². The highest BCUT2D eigenvalue weighted by molar-refractivity contribution is 7.89. The summed E-state index contributed by atoms with van der Waals surface area (Å²) in [6.07, 6.45) is 1.36. The summed E-state index contributed by atoms with van der Waals surface area (Å²) in [5.41, 5.74) is 0.561. The predicted molar refractivity (Wildman–Crippen MR) is 115 cm³/mol. The number of nitrogens with one attached hydrogen (secondary N) is 3. The Balaban J connectivity index is 1.77. The largest absolute Gasteiger partial charge is 0.326 e. The van der Waals surface area contributed by atoms with E-state index in [1.165, 1.54) is 24.4 Å². The number of H-pyrrole nitrogens is 2. The Morgan fingerprint density at radius 3 is 2.42 bits per heavy atom. The van der Waals surface area contributed by atoms with Crippen LogP contribution >= 0.6 is 0 Å². The number of nitrogens with zero attached hydrogens (tertiary/aromatic N) is 2. The molecule has 0 bridgehead atoms. The van der Waals surface area contributed by atoms with Gasteiger partial charge in [0.1, 0.15) is 5.82 Å². The van der Waals surface area contributed by atoms with Gasteiger partial charge in [0.05, 0.1) is 16.8 Å². The second kappa shape index (κ2) is 7.40. The number of imidazole rings is 1. The SMILES string of the molecule is CC(C)(C)NS(=O)(=O)c1ccccc1-c1ccc(-c2cnc3[nH]c(=O)[nH]c3n2)c(F)c1. The normalized spacial score (nSPS) is 12.4. The van der Waals surface area contributed by atoms with Crippen molar-refractivity contribution < 1.29 is 12.8 Å². The molecule has 0 aliphatic carbocycles. The lowest BCUT2D eigenvalue weighted by Gasteiger charge is -2.21. The Kier molecular flexibility index (Phi) is 4.98. The third-order valence-corrected chi connectivity index (χ3v) is 6.23. The molecule has 0 unspecified atom stereocenters. The Morgan fingerprint density at radius 2 is 1.71 bits per heavy atom. The predicted octanol–water partition coefficient (Wildman–Crippen LogP) is 3.20. The van der Waals surface area contributed by atoms with E-state index in [2.05, 4.69) is 24.7 Å². The molecule has 0 aliphatic heterocycles. The van der Waals surface area contributed by atoms with Crippen molar-refractivity contribution in [2.24, 2.45) is 0 Å². The van der Waals surface area contributed by atoms with Crippen LogP contribution in [0.15, 0.2) is 58.4 Å². The van der Waals surface area contributed by atoms with Gasteiger partial charge < -0.3 is 0 Å². The molecule has 8 nitrogen and oxygen atoms in total. The van der Waals surface area contributed by atoms with E-state index in [9.17, 15) is 13.2 Å². The molecule has 0 amide bonds. The summed E-state index contributed by atoms with van der Waals surface area (Å²) in [7, 11) is -3.83. The molecule has 0 atom stereocenters. The first-order valence-electron chi connectivity index (χ1n) is 9.42. The molecule has 3 N–H and O–H groups in total. The minimum atomic E-state index is -3.83. The van der Waals surface area contributed by atoms with E-state index in [0.717, 1.165) is 0 Å². The first-order chi connectivity index (χ1) is 14.5. The third kappa shape index (κ3) is 4.25. The smallest absolute Gasteiger partial charge is 0.289 e. The van der Waals surface area contributed by atoms with Gasteiger partial charge in [-0.05, 0) is 44.5 Å². The molecule has 10 heteroatoms. The van der Waals surface area contributed by atoms with Crippen LogP contribution in [0.5, 0.6) is 0 Å². The maximum Gasteiger partial charge on any atom is 0.326 e. The lowest BCUT2D eigenvalue weighted by Crippen LogP contribution is -2.40. The van der Waals surface area contributed by atoms with Gasteiger partial charge in [0, 0.05) is 16.7 Å². The molecule has 2 heterocycles. The van der Waals surface area contributed by atoms with Crippen molar-refractivity contribution in [3.63, 3.8) is 0 Å². The van der Waals surface area contributed by atoms with E-state index in [0.29, 0.717) is 11.1 Å². The lowest BCUT2D eigenvalue weighted by molar-refractivity contribution is 0.491. The van der Waals surface area contributed by atoms with Crippen LogP contribution in [-0.2, 0) is 10.0 Å². The molecule has 2 aromatic heterocycles. The number of benzene rings is 2. The number of aromatic nitrogens is 4. The summed E-state index contributed by atoms with van der Waals surface area (Å²) >= 11 is 0. The zero-order valence-electron chi connectivity index (χ0n) is 17.0. The highest BCUT2D eigenvalue weighted by Gasteiger charge is 2.25. The molecule has 0 radical (unpaired) electrons. The zero-order chi connectivity index (χ0) is 22.4. The number of aromatic amines is 2. The van der Waals surface area contributed by atoms with Gasteiger partial charge in [0.2, 0.25) is 10.0 Å².